The Labute approximate surface area is 109 Å². The Kier molecular flexibility index (Phi) is 10.6. The van der Waals surface area contributed by atoms with Crippen molar-refractivity contribution in [3.63, 3.8) is 0 Å². The van der Waals surface area contributed by atoms with Crippen LogP contribution in [0, 0.1) is 13.8 Å². The van der Waals surface area contributed by atoms with Crippen molar-refractivity contribution in [2.24, 2.45) is 0 Å². The van der Waals surface area contributed by atoms with E-state index < -0.39 is 0 Å². The molecule has 0 spiro atoms. The van der Waals surface area contributed by atoms with E-state index in [0.29, 0.717) is 19.6 Å². The maximum Gasteiger partial charge on any atom is 0.0558 e. The molecule has 0 amide bonds. The van der Waals surface area contributed by atoms with Gasteiger partial charge in [0.25, 0.3) is 0 Å². The van der Waals surface area contributed by atoms with Crippen molar-refractivity contribution >= 4 is 0 Å². The van der Waals surface area contributed by atoms with Crippen molar-refractivity contribution in [3.8, 4) is 0 Å². The Hall–Kier alpha value is -0.940. The minimum atomic E-state index is 0.0694. The lowest BCUT2D eigenvalue weighted by Gasteiger charge is -2.17. The predicted octanol–water partition coefficient (Wildman–Crippen LogP) is 0.569. The number of benzene rings is 1. The molecule has 104 valence electrons. The molecule has 0 aromatic heterocycles. The SMILES string of the molecule is Cc1ccccc1C.OCCN(CCO)CCO. The van der Waals surface area contributed by atoms with E-state index in [1.807, 2.05) is 0 Å². The summed E-state index contributed by atoms with van der Waals surface area (Å²) < 4.78 is 0. The lowest BCUT2D eigenvalue weighted by Crippen LogP contribution is -2.32. The number of aryl methyl sites for hydroxylation is 2. The van der Waals surface area contributed by atoms with Gasteiger partial charge >= 0.3 is 0 Å². The molecule has 4 nitrogen and oxygen atoms in total. The maximum atomic E-state index is 8.48. The summed E-state index contributed by atoms with van der Waals surface area (Å²) in [6.07, 6.45) is 0. The number of aliphatic hydroxyl groups is 3. The molecule has 0 fully saturated rings. The van der Waals surface area contributed by atoms with Gasteiger partial charge in [0.2, 0.25) is 0 Å². The molecule has 18 heavy (non-hydrogen) atoms. The lowest BCUT2D eigenvalue weighted by molar-refractivity contribution is 0.136. The van der Waals surface area contributed by atoms with E-state index in [0.717, 1.165) is 0 Å². The fraction of sp³-hybridized carbons (Fsp3) is 0.571. The van der Waals surface area contributed by atoms with Gasteiger partial charge < -0.3 is 15.3 Å². The summed E-state index contributed by atoms with van der Waals surface area (Å²) in [6, 6.07) is 8.36. The molecule has 0 heterocycles. The van der Waals surface area contributed by atoms with E-state index in [4.69, 9.17) is 15.3 Å². The quantitative estimate of drug-likeness (QED) is 0.695. The summed E-state index contributed by atoms with van der Waals surface area (Å²) in [7, 11) is 0. The van der Waals surface area contributed by atoms with Crippen LogP contribution in [0.3, 0.4) is 0 Å². The van der Waals surface area contributed by atoms with E-state index >= 15 is 0 Å². The number of rotatable bonds is 6. The number of nitrogens with zero attached hydrogens (tertiary/aromatic N) is 1. The van der Waals surface area contributed by atoms with E-state index in [1.54, 1.807) is 4.90 Å². The van der Waals surface area contributed by atoms with Crippen molar-refractivity contribution in [1.82, 2.24) is 4.90 Å². The van der Waals surface area contributed by atoms with Crippen LogP contribution in [0.15, 0.2) is 24.3 Å². The molecule has 0 aliphatic heterocycles. The normalized spacial score (nSPS) is 10.1. The van der Waals surface area contributed by atoms with Gasteiger partial charge in [0.15, 0.2) is 0 Å². The van der Waals surface area contributed by atoms with Crippen molar-refractivity contribution in [3.05, 3.63) is 35.4 Å². The molecule has 1 aromatic rings. The molecule has 0 unspecified atom stereocenters. The van der Waals surface area contributed by atoms with Crippen LogP contribution in [0.5, 0.6) is 0 Å². The van der Waals surface area contributed by atoms with Gasteiger partial charge in [0.1, 0.15) is 0 Å². The second kappa shape index (κ2) is 11.2. The van der Waals surface area contributed by atoms with Crippen LogP contribution in [-0.2, 0) is 0 Å². The smallest absolute Gasteiger partial charge is 0.0558 e. The van der Waals surface area contributed by atoms with Gasteiger partial charge in [-0.15, -0.1) is 0 Å². The molecule has 0 bridgehead atoms. The molecule has 1 rings (SSSR count). The summed E-state index contributed by atoms with van der Waals surface area (Å²) in [5.41, 5.74) is 2.74. The van der Waals surface area contributed by atoms with Gasteiger partial charge in [-0.05, 0) is 25.0 Å². The average molecular weight is 255 g/mol. The van der Waals surface area contributed by atoms with Crippen LogP contribution >= 0.6 is 0 Å². The first-order valence-electron chi connectivity index (χ1n) is 6.22. The molecule has 1 aromatic carbocycles. The average Bonchev–Trinajstić information content (AvgIpc) is 2.35. The molecule has 0 atom stereocenters. The van der Waals surface area contributed by atoms with Gasteiger partial charge in [-0.25, -0.2) is 0 Å². The highest BCUT2D eigenvalue weighted by molar-refractivity contribution is 5.23. The number of hydrogen-bond donors (Lipinski definition) is 3. The second-order valence-corrected chi connectivity index (χ2v) is 4.10. The van der Waals surface area contributed by atoms with Gasteiger partial charge in [0.05, 0.1) is 19.8 Å². The Morgan fingerprint density at radius 2 is 1.11 bits per heavy atom. The maximum absolute atomic E-state index is 8.48. The fourth-order valence-electron chi connectivity index (χ4n) is 1.42. The van der Waals surface area contributed by atoms with Crippen molar-refractivity contribution in [2.75, 3.05) is 39.5 Å². The Balaban J connectivity index is 0.000000327. The summed E-state index contributed by atoms with van der Waals surface area (Å²) in [4.78, 5) is 1.79. The number of hydrogen-bond acceptors (Lipinski definition) is 4. The monoisotopic (exact) mass is 255 g/mol. The van der Waals surface area contributed by atoms with E-state index in [-0.39, 0.29) is 19.8 Å². The third-order valence-electron chi connectivity index (χ3n) is 2.67. The molecule has 0 aliphatic rings. The lowest BCUT2D eigenvalue weighted by atomic mass is 10.1. The van der Waals surface area contributed by atoms with E-state index in [2.05, 4.69) is 38.1 Å². The molecular formula is C14H25NO3. The molecule has 0 radical (unpaired) electrons. The summed E-state index contributed by atoms with van der Waals surface area (Å²) in [5, 5.41) is 25.5. The predicted molar refractivity (Wildman–Crippen MR) is 73.6 cm³/mol. The molecule has 3 N–H and O–H groups in total. The first-order chi connectivity index (χ1) is 8.65. The first-order valence-corrected chi connectivity index (χ1v) is 6.22. The molecule has 0 saturated heterocycles. The zero-order valence-corrected chi connectivity index (χ0v) is 11.3. The zero-order chi connectivity index (χ0) is 13.8. The van der Waals surface area contributed by atoms with Gasteiger partial charge in [-0.2, -0.15) is 0 Å². The zero-order valence-electron chi connectivity index (χ0n) is 11.3. The highest BCUT2D eigenvalue weighted by Crippen LogP contribution is 2.02. The second-order valence-electron chi connectivity index (χ2n) is 4.10. The van der Waals surface area contributed by atoms with Gasteiger partial charge in [-0.3, -0.25) is 4.90 Å². The van der Waals surface area contributed by atoms with Gasteiger partial charge in [-0.1, -0.05) is 24.3 Å². The van der Waals surface area contributed by atoms with Crippen molar-refractivity contribution < 1.29 is 15.3 Å². The summed E-state index contributed by atoms with van der Waals surface area (Å²) >= 11 is 0. The number of aliphatic hydroxyl groups excluding tert-OH is 3. The van der Waals surface area contributed by atoms with Crippen molar-refractivity contribution in [2.45, 2.75) is 13.8 Å². The Bertz CT molecular complexity index is 270. The van der Waals surface area contributed by atoms with Crippen LogP contribution in [-0.4, -0.2) is 59.7 Å². The largest absolute Gasteiger partial charge is 0.395 e. The standard InChI is InChI=1S/C8H10.C6H15NO3/c1-7-5-3-4-6-8(7)2;8-4-1-7(2-5-9)3-6-10/h3-6H,1-2H3;8-10H,1-6H2. The Morgan fingerprint density at radius 3 is 1.33 bits per heavy atom. The van der Waals surface area contributed by atoms with Crippen LogP contribution in [0.25, 0.3) is 0 Å². The first kappa shape index (κ1) is 17.1. The molecule has 0 saturated carbocycles. The van der Waals surface area contributed by atoms with Gasteiger partial charge in [0, 0.05) is 19.6 Å². The molecular weight excluding hydrogens is 230 g/mol. The molecule has 0 aliphatic carbocycles. The molecule has 4 heteroatoms. The minimum absolute atomic E-state index is 0.0694. The topological polar surface area (TPSA) is 63.9 Å². The van der Waals surface area contributed by atoms with Crippen LogP contribution in [0.2, 0.25) is 0 Å². The highest BCUT2D eigenvalue weighted by atomic mass is 16.3. The van der Waals surface area contributed by atoms with E-state index in [9.17, 15) is 0 Å². The van der Waals surface area contributed by atoms with Crippen LogP contribution < -0.4 is 0 Å². The Morgan fingerprint density at radius 1 is 0.778 bits per heavy atom. The van der Waals surface area contributed by atoms with Crippen molar-refractivity contribution in [1.29, 1.82) is 0 Å². The fourth-order valence-corrected chi connectivity index (χ4v) is 1.42. The third kappa shape index (κ3) is 8.20. The third-order valence-corrected chi connectivity index (χ3v) is 2.67. The van der Waals surface area contributed by atoms with E-state index in [1.165, 1.54) is 11.1 Å². The summed E-state index contributed by atoms with van der Waals surface area (Å²) in [6.45, 7) is 5.99. The van der Waals surface area contributed by atoms with Crippen LogP contribution in [0.1, 0.15) is 11.1 Å². The highest BCUT2D eigenvalue weighted by Gasteiger charge is 2.00. The minimum Gasteiger partial charge on any atom is -0.395 e. The summed E-state index contributed by atoms with van der Waals surface area (Å²) in [5.74, 6) is 0. The van der Waals surface area contributed by atoms with Crippen LogP contribution in [0.4, 0.5) is 0 Å².